The number of aromatic nitrogens is 1. The van der Waals surface area contributed by atoms with Gasteiger partial charge >= 0.3 is 0 Å². The van der Waals surface area contributed by atoms with E-state index in [4.69, 9.17) is 9.47 Å². The van der Waals surface area contributed by atoms with Crippen LogP contribution >= 0.6 is 11.3 Å². The highest BCUT2D eigenvalue weighted by atomic mass is 32.1. The highest BCUT2D eigenvalue weighted by Gasteiger charge is 2.14. The molecular weight excluding hydrogens is 354 g/mol. The molecule has 8 heteroatoms. The number of amides is 2. The van der Waals surface area contributed by atoms with E-state index in [1.54, 1.807) is 23.6 Å². The standard InChI is InChI=1S/C18H23N3O4S/c1-5-11(2)19-16(22)9-13-10-26-18(20-13)21-17(23)12-6-7-14(24-3)15(8-12)25-4/h6-8,10-11H,5,9H2,1-4H3,(H,19,22)(H,20,21,23). The summed E-state index contributed by atoms with van der Waals surface area (Å²) in [5.74, 6) is 0.632. The summed E-state index contributed by atoms with van der Waals surface area (Å²) in [5.41, 5.74) is 1.05. The number of carbonyl (C=O) groups is 2. The fourth-order valence-corrected chi connectivity index (χ4v) is 2.89. The number of nitrogens with one attached hydrogen (secondary N) is 2. The quantitative estimate of drug-likeness (QED) is 0.738. The van der Waals surface area contributed by atoms with Crippen LogP contribution in [-0.4, -0.2) is 37.1 Å². The van der Waals surface area contributed by atoms with Crippen molar-refractivity contribution in [2.24, 2.45) is 0 Å². The summed E-state index contributed by atoms with van der Waals surface area (Å²) in [5, 5.41) is 7.83. The number of rotatable bonds is 8. The van der Waals surface area contributed by atoms with Gasteiger partial charge in [-0.3, -0.25) is 14.9 Å². The van der Waals surface area contributed by atoms with Crippen molar-refractivity contribution in [2.75, 3.05) is 19.5 Å². The van der Waals surface area contributed by atoms with E-state index in [1.165, 1.54) is 25.6 Å². The first-order chi connectivity index (χ1) is 12.5. The number of anilines is 1. The van der Waals surface area contributed by atoms with E-state index in [9.17, 15) is 9.59 Å². The van der Waals surface area contributed by atoms with Crippen LogP contribution in [0.15, 0.2) is 23.6 Å². The molecule has 2 aromatic rings. The number of nitrogens with zero attached hydrogens (tertiary/aromatic N) is 1. The van der Waals surface area contributed by atoms with Crippen molar-refractivity contribution in [3.63, 3.8) is 0 Å². The van der Waals surface area contributed by atoms with Gasteiger partial charge < -0.3 is 14.8 Å². The molecule has 0 aliphatic rings. The second kappa shape index (κ2) is 9.19. The maximum atomic E-state index is 12.4. The SMILES string of the molecule is CCC(C)NC(=O)Cc1csc(NC(=O)c2ccc(OC)c(OC)c2)n1. The van der Waals surface area contributed by atoms with Crippen molar-refractivity contribution >= 4 is 28.3 Å². The minimum absolute atomic E-state index is 0.0811. The molecule has 7 nitrogen and oxygen atoms in total. The van der Waals surface area contributed by atoms with E-state index < -0.39 is 0 Å². The predicted octanol–water partition coefficient (Wildman–Crippen LogP) is 2.87. The molecule has 140 valence electrons. The molecule has 2 N–H and O–H groups in total. The first-order valence-corrected chi connectivity index (χ1v) is 9.11. The zero-order chi connectivity index (χ0) is 19.1. The van der Waals surface area contributed by atoms with Gasteiger partial charge in [-0.25, -0.2) is 4.98 Å². The molecule has 0 aliphatic heterocycles. The fraction of sp³-hybridized carbons (Fsp3) is 0.389. The molecule has 2 rings (SSSR count). The molecule has 1 atom stereocenters. The number of thiazole rings is 1. The average Bonchev–Trinajstić information content (AvgIpc) is 3.07. The van der Waals surface area contributed by atoms with Gasteiger partial charge in [0.05, 0.1) is 26.3 Å². The van der Waals surface area contributed by atoms with Gasteiger partial charge in [0.15, 0.2) is 16.6 Å². The summed E-state index contributed by atoms with van der Waals surface area (Å²) < 4.78 is 10.4. The van der Waals surface area contributed by atoms with Gasteiger partial charge in [-0.15, -0.1) is 11.3 Å². The lowest BCUT2D eigenvalue weighted by Crippen LogP contribution is -2.33. The topological polar surface area (TPSA) is 89.6 Å². The minimum atomic E-state index is -0.309. The van der Waals surface area contributed by atoms with E-state index in [2.05, 4.69) is 15.6 Å². The molecule has 0 bridgehead atoms. The molecule has 1 aromatic carbocycles. The zero-order valence-corrected chi connectivity index (χ0v) is 16.1. The Morgan fingerprint density at radius 2 is 1.96 bits per heavy atom. The third-order valence-corrected chi connectivity index (χ3v) is 4.59. The summed E-state index contributed by atoms with van der Waals surface area (Å²) in [6.07, 6.45) is 1.06. The lowest BCUT2D eigenvalue weighted by molar-refractivity contribution is -0.121. The Kier molecular flexibility index (Phi) is 6.97. The number of ether oxygens (including phenoxy) is 2. The zero-order valence-electron chi connectivity index (χ0n) is 15.3. The Balaban J connectivity index is 2.00. The molecule has 1 aromatic heterocycles. The molecule has 1 unspecified atom stereocenters. The summed E-state index contributed by atoms with van der Waals surface area (Å²) in [6.45, 7) is 3.96. The summed E-state index contributed by atoms with van der Waals surface area (Å²) >= 11 is 1.28. The Hall–Kier alpha value is -2.61. The first kappa shape index (κ1) is 19.7. The summed E-state index contributed by atoms with van der Waals surface area (Å²) in [7, 11) is 3.04. The molecule has 26 heavy (non-hydrogen) atoms. The Morgan fingerprint density at radius 3 is 2.62 bits per heavy atom. The van der Waals surface area contributed by atoms with Crippen LogP contribution in [0.2, 0.25) is 0 Å². The lowest BCUT2D eigenvalue weighted by Gasteiger charge is -2.10. The van der Waals surface area contributed by atoms with Crippen LogP contribution in [0.5, 0.6) is 11.5 Å². The number of carbonyl (C=O) groups excluding carboxylic acids is 2. The average molecular weight is 377 g/mol. The second-order valence-corrected chi connectivity index (χ2v) is 6.58. The minimum Gasteiger partial charge on any atom is -0.493 e. The van der Waals surface area contributed by atoms with Crippen LogP contribution in [0.1, 0.15) is 36.3 Å². The molecule has 0 saturated carbocycles. The molecule has 1 heterocycles. The number of benzene rings is 1. The predicted molar refractivity (Wildman–Crippen MR) is 101 cm³/mol. The Bertz CT molecular complexity index is 776. The maximum absolute atomic E-state index is 12.4. The van der Waals surface area contributed by atoms with Crippen LogP contribution in [0.4, 0.5) is 5.13 Å². The Morgan fingerprint density at radius 1 is 1.23 bits per heavy atom. The van der Waals surface area contributed by atoms with E-state index in [0.717, 1.165) is 6.42 Å². The van der Waals surface area contributed by atoms with Crippen molar-refractivity contribution in [3.05, 3.63) is 34.8 Å². The van der Waals surface area contributed by atoms with Crippen molar-refractivity contribution in [1.29, 1.82) is 0 Å². The van der Waals surface area contributed by atoms with Gasteiger partial charge in [-0.2, -0.15) is 0 Å². The monoisotopic (exact) mass is 377 g/mol. The van der Waals surface area contributed by atoms with Crippen LogP contribution < -0.4 is 20.1 Å². The molecule has 0 fully saturated rings. The third-order valence-electron chi connectivity index (χ3n) is 3.78. The Labute approximate surface area is 156 Å². The molecule has 0 spiro atoms. The van der Waals surface area contributed by atoms with Crippen molar-refractivity contribution < 1.29 is 19.1 Å². The van der Waals surface area contributed by atoms with Crippen LogP contribution in [-0.2, 0) is 11.2 Å². The first-order valence-electron chi connectivity index (χ1n) is 8.24. The highest BCUT2D eigenvalue weighted by Crippen LogP contribution is 2.28. The van der Waals surface area contributed by atoms with E-state index in [0.29, 0.717) is 27.9 Å². The van der Waals surface area contributed by atoms with Crippen molar-refractivity contribution in [3.8, 4) is 11.5 Å². The van der Waals surface area contributed by atoms with Gasteiger partial charge in [0.25, 0.3) is 5.91 Å². The normalized spacial score (nSPS) is 11.5. The van der Waals surface area contributed by atoms with Gasteiger partial charge in [-0.1, -0.05) is 6.92 Å². The van der Waals surface area contributed by atoms with E-state index >= 15 is 0 Å². The van der Waals surface area contributed by atoms with Crippen LogP contribution in [0.25, 0.3) is 0 Å². The third kappa shape index (κ3) is 5.19. The smallest absolute Gasteiger partial charge is 0.257 e. The summed E-state index contributed by atoms with van der Waals surface area (Å²) in [4.78, 5) is 28.6. The molecule has 0 saturated heterocycles. The van der Waals surface area contributed by atoms with Gasteiger partial charge in [0.2, 0.25) is 5.91 Å². The maximum Gasteiger partial charge on any atom is 0.257 e. The molecule has 0 radical (unpaired) electrons. The largest absolute Gasteiger partial charge is 0.493 e. The van der Waals surface area contributed by atoms with Gasteiger partial charge in [0.1, 0.15) is 0 Å². The number of methoxy groups -OCH3 is 2. The fourth-order valence-electron chi connectivity index (χ4n) is 2.18. The number of hydrogen-bond acceptors (Lipinski definition) is 6. The van der Waals surface area contributed by atoms with E-state index in [1.807, 2.05) is 13.8 Å². The van der Waals surface area contributed by atoms with Crippen molar-refractivity contribution in [1.82, 2.24) is 10.3 Å². The number of hydrogen-bond donors (Lipinski definition) is 2. The van der Waals surface area contributed by atoms with Crippen molar-refractivity contribution in [2.45, 2.75) is 32.7 Å². The molecular formula is C18H23N3O4S. The van der Waals surface area contributed by atoms with E-state index in [-0.39, 0.29) is 24.3 Å². The van der Waals surface area contributed by atoms with Crippen LogP contribution in [0, 0.1) is 0 Å². The second-order valence-electron chi connectivity index (χ2n) is 5.72. The highest BCUT2D eigenvalue weighted by molar-refractivity contribution is 7.14. The summed E-state index contributed by atoms with van der Waals surface area (Å²) in [6, 6.07) is 5.04. The van der Waals surface area contributed by atoms with Gasteiger partial charge in [-0.05, 0) is 31.5 Å². The van der Waals surface area contributed by atoms with Crippen LogP contribution in [0.3, 0.4) is 0 Å². The lowest BCUT2D eigenvalue weighted by atomic mass is 10.2. The molecule has 0 aliphatic carbocycles. The molecule has 2 amide bonds. The van der Waals surface area contributed by atoms with Gasteiger partial charge in [0, 0.05) is 17.0 Å².